The quantitative estimate of drug-likeness (QED) is 0.604. The van der Waals surface area contributed by atoms with E-state index in [0.29, 0.717) is 22.5 Å². The molecule has 2 aromatic carbocycles. The highest BCUT2D eigenvalue weighted by Crippen LogP contribution is 2.30. The molecule has 0 amide bonds. The van der Waals surface area contributed by atoms with E-state index in [2.05, 4.69) is 12.1 Å². The first-order valence-electron chi connectivity index (χ1n) is 8.94. The highest BCUT2D eigenvalue weighted by atomic mass is 19.1. The number of aryl methyl sites for hydroxylation is 3. The molecule has 1 aromatic heterocycles. The molecule has 1 heterocycles. The third-order valence-corrected chi connectivity index (χ3v) is 4.56. The summed E-state index contributed by atoms with van der Waals surface area (Å²) in [6.45, 7) is 9.99. The largest absolute Gasteiger partial charge is 0.462 e. The van der Waals surface area contributed by atoms with Crippen LogP contribution in [0.25, 0.3) is 16.9 Å². The first kappa shape index (κ1) is 18.8. The molecule has 0 atom stereocenters. The number of hydrogen-bond acceptors (Lipinski definition) is 3. The summed E-state index contributed by atoms with van der Waals surface area (Å²) in [5.74, 6) is -0.763. The van der Waals surface area contributed by atoms with E-state index in [4.69, 9.17) is 9.84 Å². The van der Waals surface area contributed by atoms with Crippen LogP contribution in [0.2, 0.25) is 0 Å². The first-order valence-corrected chi connectivity index (χ1v) is 8.94. The summed E-state index contributed by atoms with van der Waals surface area (Å²) in [4.78, 5) is 12.6. The molecule has 0 N–H and O–H groups in total. The van der Waals surface area contributed by atoms with Crippen molar-refractivity contribution >= 4 is 5.97 Å². The second kappa shape index (κ2) is 7.35. The molecule has 0 aliphatic carbocycles. The summed E-state index contributed by atoms with van der Waals surface area (Å²) in [5, 5.41) is 4.73. The molecule has 0 radical (unpaired) electrons. The summed E-state index contributed by atoms with van der Waals surface area (Å²) >= 11 is 0. The molecule has 27 heavy (non-hydrogen) atoms. The molecular weight excluding hydrogens is 343 g/mol. The zero-order valence-electron chi connectivity index (χ0n) is 16.3. The van der Waals surface area contributed by atoms with E-state index in [9.17, 15) is 9.18 Å². The molecule has 3 aromatic rings. The average molecular weight is 366 g/mol. The lowest BCUT2D eigenvalue weighted by Gasteiger charge is -2.13. The lowest BCUT2D eigenvalue weighted by Crippen LogP contribution is -2.09. The molecule has 0 spiro atoms. The van der Waals surface area contributed by atoms with Gasteiger partial charge in [0.15, 0.2) is 0 Å². The fourth-order valence-electron chi connectivity index (χ4n) is 3.48. The van der Waals surface area contributed by atoms with Crippen LogP contribution in [-0.4, -0.2) is 22.4 Å². The minimum absolute atomic E-state index is 0.273. The molecule has 5 heteroatoms. The molecule has 140 valence electrons. The molecule has 0 aliphatic heterocycles. The van der Waals surface area contributed by atoms with Crippen LogP contribution in [0.4, 0.5) is 4.39 Å². The lowest BCUT2D eigenvalue weighted by molar-refractivity contribution is 0.0526. The summed E-state index contributed by atoms with van der Waals surface area (Å²) in [7, 11) is 0. The maximum absolute atomic E-state index is 13.4. The molecule has 0 unspecified atom stereocenters. The van der Waals surface area contributed by atoms with Crippen LogP contribution in [0.15, 0.2) is 36.4 Å². The maximum Gasteiger partial charge on any atom is 0.342 e. The number of hydrogen-bond donors (Lipinski definition) is 0. The van der Waals surface area contributed by atoms with Gasteiger partial charge in [0, 0.05) is 5.56 Å². The SMILES string of the molecule is CCOC(=O)c1c(-c2ccc(F)cc2)nn(-c2c(C)cc(C)cc2C)c1C. The van der Waals surface area contributed by atoms with Crippen molar-refractivity contribution in [2.75, 3.05) is 6.61 Å². The normalized spacial score (nSPS) is 10.9. The predicted octanol–water partition coefficient (Wildman–Crippen LogP) is 5.09. The summed E-state index contributed by atoms with van der Waals surface area (Å²) in [6.07, 6.45) is 0. The Labute approximate surface area is 158 Å². The van der Waals surface area contributed by atoms with E-state index in [0.717, 1.165) is 16.8 Å². The lowest BCUT2D eigenvalue weighted by atomic mass is 10.0. The Kier molecular flexibility index (Phi) is 5.13. The van der Waals surface area contributed by atoms with Gasteiger partial charge in [0.05, 0.1) is 18.0 Å². The Hall–Kier alpha value is -2.95. The first-order chi connectivity index (χ1) is 12.8. The zero-order chi connectivity index (χ0) is 19.7. The van der Waals surface area contributed by atoms with Gasteiger partial charge in [-0.3, -0.25) is 0 Å². The van der Waals surface area contributed by atoms with Crippen molar-refractivity contribution in [3.63, 3.8) is 0 Å². The van der Waals surface area contributed by atoms with E-state index in [1.165, 1.54) is 17.7 Å². The van der Waals surface area contributed by atoms with Gasteiger partial charge < -0.3 is 4.74 Å². The van der Waals surface area contributed by atoms with Gasteiger partial charge in [-0.05, 0) is 70.0 Å². The van der Waals surface area contributed by atoms with E-state index in [-0.39, 0.29) is 12.4 Å². The Morgan fingerprint density at radius 1 is 1.07 bits per heavy atom. The minimum Gasteiger partial charge on any atom is -0.462 e. The number of esters is 1. The highest BCUT2D eigenvalue weighted by Gasteiger charge is 2.25. The number of nitrogens with zero attached hydrogens (tertiary/aromatic N) is 2. The molecular formula is C22H23FN2O2. The standard InChI is InChI=1S/C22H23FN2O2/c1-6-27-22(26)19-16(5)25(21-14(3)11-13(2)12-15(21)4)24-20(19)17-7-9-18(23)10-8-17/h7-12H,6H2,1-5H3. The number of halogens is 1. The Balaban J connectivity index is 2.27. The maximum atomic E-state index is 13.4. The van der Waals surface area contributed by atoms with Crippen LogP contribution in [-0.2, 0) is 4.74 Å². The fraction of sp³-hybridized carbons (Fsp3) is 0.273. The van der Waals surface area contributed by atoms with Crippen LogP contribution in [0.3, 0.4) is 0 Å². The van der Waals surface area contributed by atoms with Gasteiger partial charge in [0.25, 0.3) is 0 Å². The van der Waals surface area contributed by atoms with Gasteiger partial charge in [-0.25, -0.2) is 13.9 Å². The van der Waals surface area contributed by atoms with Gasteiger partial charge in [0.1, 0.15) is 17.1 Å². The van der Waals surface area contributed by atoms with E-state index in [1.807, 2.05) is 27.7 Å². The summed E-state index contributed by atoms with van der Waals surface area (Å²) in [6, 6.07) is 10.1. The van der Waals surface area contributed by atoms with E-state index in [1.54, 1.807) is 23.7 Å². The number of ether oxygens (including phenoxy) is 1. The van der Waals surface area contributed by atoms with Crippen molar-refractivity contribution in [2.45, 2.75) is 34.6 Å². The number of carbonyl (C=O) groups is 1. The number of aromatic nitrogens is 2. The van der Waals surface area contributed by atoms with Gasteiger partial charge >= 0.3 is 5.97 Å². The third-order valence-electron chi connectivity index (χ3n) is 4.56. The topological polar surface area (TPSA) is 44.1 Å². The average Bonchev–Trinajstić information content (AvgIpc) is 2.92. The van der Waals surface area contributed by atoms with Crippen molar-refractivity contribution < 1.29 is 13.9 Å². The van der Waals surface area contributed by atoms with Gasteiger partial charge in [-0.2, -0.15) is 5.10 Å². The Morgan fingerprint density at radius 2 is 1.67 bits per heavy atom. The van der Waals surface area contributed by atoms with Crippen molar-refractivity contribution in [1.82, 2.24) is 9.78 Å². The van der Waals surface area contributed by atoms with E-state index >= 15 is 0 Å². The molecule has 0 bridgehead atoms. The van der Waals surface area contributed by atoms with Crippen LogP contribution in [0.1, 0.15) is 39.7 Å². The summed E-state index contributed by atoms with van der Waals surface area (Å²) in [5.41, 5.74) is 6.51. The third kappa shape index (κ3) is 3.50. The predicted molar refractivity (Wildman–Crippen MR) is 104 cm³/mol. The number of rotatable bonds is 4. The Morgan fingerprint density at radius 3 is 2.22 bits per heavy atom. The number of benzene rings is 2. The van der Waals surface area contributed by atoms with Gasteiger partial charge in [0.2, 0.25) is 0 Å². The molecule has 0 saturated carbocycles. The second-order valence-electron chi connectivity index (χ2n) is 6.70. The smallest absolute Gasteiger partial charge is 0.342 e. The summed E-state index contributed by atoms with van der Waals surface area (Å²) < 4.78 is 20.4. The van der Waals surface area contributed by atoms with Crippen molar-refractivity contribution in [2.24, 2.45) is 0 Å². The van der Waals surface area contributed by atoms with E-state index < -0.39 is 5.97 Å². The van der Waals surface area contributed by atoms with Crippen molar-refractivity contribution in [3.05, 3.63) is 70.2 Å². The van der Waals surface area contributed by atoms with Gasteiger partial charge in [-0.15, -0.1) is 0 Å². The van der Waals surface area contributed by atoms with Crippen molar-refractivity contribution in [3.8, 4) is 16.9 Å². The number of carbonyl (C=O) groups excluding carboxylic acids is 1. The fourth-order valence-corrected chi connectivity index (χ4v) is 3.48. The van der Waals surface area contributed by atoms with Crippen LogP contribution >= 0.6 is 0 Å². The molecule has 0 aliphatic rings. The molecule has 0 saturated heterocycles. The zero-order valence-corrected chi connectivity index (χ0v) is 16.3. The molecule has 3 rings (SSSR count). The van der Waals surface area contributed by atoms with Crippen molar-refractivity contribution in [1.29, 1.82) is 0 Å². The van der Waals surface area contributed by atoms with Crippen LogP contribution < -0.4 is 0 Å². The van der Waals surface area contributed by atoms with Crippen LogP contribution in [0.5, 0.6) is 0 Å². The molecule has 4 nitrogen and oxygen atoms in total. The minimum atomic E-state index is -0.428. The monoisotopic (exact) mass is 366 g/mol. The Bertz CT molecular complexity index is 981. The van der Waals surface area contributed by atoms with Crippen LogP contribution in [0, 0.1) is 33.5 Å². The second-order valence-corrected chi connectivity index (χ2v) is 6.70. The molecule has 0 fully saturated rings. The highest BCUT2D eigenvalue weighted by molar-refractivity contribution is 5.97. The van der Waals surface area contributed by atoms with Gasteiger partial charge in [-0.1, -0.05) is 17.7 Å².